The Hall–Kier alpha value is -3.73. The Morgan fingerprint density at radius 3 is 2.39 bits per heavy atom. The molecule has 1 aromatic heterocycles. The summed E-state index contributed by atoms with van der Waals surface area (Å²) in [5.74, 6) is -0.364. The third-order valence-electron chi connectivity index (χ3n) is 6.28. The molecular formula is C28H31FN4O4S. The monoisotopic (exact) mass is 538 g/mol. The number of rotatable bonds is 11. The zero-order valence-electron chi connectivity index (χ0n) is 21.2. The van der Waals surface area contributed by atoms with Gasteiger partial charge in [-0.3, -0.25) is 13.9 Å². The van der Waals surface area contributed by atoms with Crippen molar-refractivity contribution in [3.8, 4) is 5.69 Å². The number of halogens is 1. The number of nitrogens with one attached hydrogen (secondary N) is 2. The number of nitrogens with zero attached hydrogens (tertiary/aromatic N) is 2. The fourth-order valence-electron chi connectivity index (χ4n) is 3.98. The van der Waals surface area contributed by atoms with Crippen molar-refractivity contribution in [3.05, 3.63) is 113 Å². The summed E-state index contributed by atoms with van der Waals surface area (Å²) in [4.78, 5) is 12.9. The standard InChI is InChI=1S/C28H31FN4O4S/c1-28(2,15-16-32-17-18-33(27(32)35)24-13-11-22(29)12-14-24)30-20-26(34)21-7-6-8-23(19-21)31-38(36,37)25-9-4-3-5-10-25/h3-14,17-19,26,30-31,34H,15-16,20H2,1-2H3/t26-/m0/s1. The molecular weight excluding hydrogens is 507 g/mol. The van der Waals surface area contributed by atoms with Crippen LogP contribution in [-0.2, 0) is 16.6 Å². The van der Waals surface area contributed by atoms with Gasteiger partial charge in [-0.25, -0.2) is 17.6 Å². The summed E-state index contributed by atoms with van der Waals surface area (Å²) in [6, 6.07) is 20.5. The van der Waals surface area contributed by atoms with Crippen LogP contribution in [0, 0.1) is 5.82 Å². The van der Waals surface area contributed by atoms with E-state index in [0.29, 0.717) is 29.9 Å². The van der Waals surface area contributed by atoms with E-state index < -0.39 is 21.7 Å². The SMILES string of the molecule is CC(C)(CCn1ccn(-c2ccc(F)cc2)c1=O)NC[C@H](O)c1cccc(NS(=O)(=O)c2ccccc2)c1. The molecule has 0 fully saturated rings. The number of hydrogen-bond donors (Lipinski definition) is 3. The highest BCUT2D eigenvalue weighted by molar-refractivity contribution is 7.92. The molecule has 0 aliphatic carbocycles. The normalized spacial score (nSPS) is 12.8. The van der Waals surface area contributed by atoms with Crippen LogP contribution in [0.1, 0.15) is 31.9 Å². The molecule has 0 bridgehead atoms. The van der Waals surface area contributed by atoms with Gasteiger partial charge in [-0.1, -0.05) is 30.3 Å². The van der Waals surface area contributed by atoms with Crippen LogP contribution in [0.2, 0.25) is 0 Å². The molecule has 3 N–H and O–H groups in total. The first-order valence-corrected chi connectivity index (χ1v) is 13.7. The second-order valence-electron chi connectivity index (χ2n) is 9.70. The Morgan fingerprint density at radius 1 is 0.974 bits per heavy atom. The molecule has 0 radical (unpaired) electrons. The van der Waals surface area contributed by atoms with E-state index in [0.717, 1.165) is 0 Å². The van der Waals surface area contributed by atoms with Gasteiger partial charge < -0.3 is 10.4 Å². The fourth-order valence-corrected chi connectivity index (χ4v) is 5.05. The third-order valence-corrected chi connectivity index (χ3v) is 7.68. The molecule has 0 amide bonds. The van der Waals surface area contributed by atoms with Crippen LogP contribution in [-0.4, -0.2) is 34.7 Å². The van der Waals surface area contributed by atoms with Crippen LogP contribution < -0.4 is 15.7 Å². The van der Waals surface area contributed by atoms with Crippen molar-refractivity contribution in [2.75, 3.05) is 11.3 Å². The van der Waals surface area contributed by atoms with E-state index in [9.17, 15) is 22.7 Å². The van der Waals surface area contributed by atoms with Gasteiger partial charge in [-0.15, -0.1) is 0 Å². The zero-order valence-corrected chi connectivity index (χ0v) is 22.0. The minimum Gasteiger partial charge on any atom is -0.387 e. The topological polar surface area (TPSA) is 105 Å². The highest BCUT2D eigenvalue weighted by Crippen LogP contribution is 2.21. The molecule has 1 atom stereocenters. The number of anilines is 1. The lowest BCUT2D eigenvalue weighted by atomic mass is 9.99. The number of sulfonamides is 1. The smallest absolute Gasteiger partial charge is 0.332 e. The first-order valence-electron chi connectivity index (χ1n) is 12.2. The maximum absolute atomic E-state index is 13.2. The lowest BCUT2D eigenvalue weighted by molar-refractivity contribution is 0.158. The summed E-state index contributed by atoms with van der Waals surface area (Å²) in [6.45, 7) is 4.63. The Labute approximate surface area is 221 Å². The largest absolute Gasteiger partial charge is 0.387 e. The molecule has 0 saturated carbocycles. The van der Waals surface area contributed by atoms with Crippen LogP contribution in [0.25, 0.3) is 5.69 Å². The molecule has 38 heavy (non-hydrogen) atoms. The number of benzene rings is 3. The molecule has 1 heterocycles. The predicted molar refractivity (Wildman–Crippen MR) is 145 cm³/mol. The second kappa shape index (κ2) is 11.3. The molecule has 4 aromatic rings. The molecule has 0 spiro atoms. The van der Waals surface area contributed by atoms with Gasteiger partial charge in [0, 0.05) is 36.7 Å². The lowest BCUT2D eigenvalue weighted by Crippen LogP contribution is -2.43. The number of aryl methyl sites for hydroxylation is 1. The maximum atomic E-state index is 13.2. The average Bonchev–Trinajstić information content (AvgIpc) is 3.27. The molecule has 10 heteroatoms. The third kappa shape index (κ3) is 6.77. The Balaban J connectivity index is 1.34. The first-order chi connectivity index (χ1) is 18.0. The molecule has 0 unspecified atom stereocenters. The second-order valence-corrected chi connectivity index (χ2v) is 11.4. The number of aromatic nitrogens is 2. The minimum absolute atomic E-state index is 0.154. The van der Waals surface area contributed by atoms with E-state index in [-0.39, 0.29) is 22.9 Å². The number of hydrogen-bond acceptors (Lipinski definition) is 5. The average molecular weight is 539 g/mol. The highest BCUT2D eigenvalue weighted by Gasteiger charge is 2.21. The zero-order chi connectivity index (χ0) is 27.3. The summed E-state index contributed by atoms with van der Waals surface area (Å²) in [5, 5.41) is 14.1. The quantitative estimate of drug-likeness (QED) is 0.267. The Kier molecular flexibility index (Phi) is 8.15. The van der Waals surface area contributed by atoms with Crippen LogP contribution in [0.4, 0.5) is 10.1 Å². The molecule has 8 nitrogen and oxygen atoms in total. The number of imidazole rings is 1. The lowest BCUT2D eigenvalue weighted by Gasteiger charge is -2.28. The van der Waals surface area contributed by atoms with E-state index in [2.05, 4.69) is 10.0 Å². The predicted octanol–water partition coefficient (Wildman–Crippen LogP) is 4.07. The van der Waals surface area contributed by atoms with Crippen molar-refractivity contribution in [1.82, 2.24) is 14.5 Å². The van der Waals surface area contributed by atoms with Crippen molar-refractivity contribution < 1.29 is 17.9 Å². The van der Waals surface area contributed by atoms with Crippen molar-refractivity contribution in [2.24, 2.45) is 0 Å². The van der Waals surface area contributed by atoms with E-state index in [1.165, 1.54) is 28.8 Å². The summed E-state index contributed by atoms with van der Waals surface area (Å²) in [5.41, 5.74) is 0.875. The Bertz CT molecular complexity index is 1530. The number of aliphatic hydroxyl groups is 1. The van der Waals surface area contributed by atoms with Crippen LogP contribution >= 0.6 is 0 Å². The number of aliphatic hydroxyl groups excluding tert-OH is 1. The van der Waals surface area contributed by atoms with Crippen molar-refractivity contribution in [1.29, 1.82) is 0 Å². The number of β-amino-alcohol motifs (C(OH)–C–C–N with tert-alkyl or cyclic N) is 1. The fraction of sp³-hybridized carbons (Fsp3) is 0.250. The van der Waals surface area contributed by atoms with E-state index in [1.54, 1.807) is 71.6 Å². The van der Waals surface area contributed by atoms with Gasteiger partial charge in [0.05, 0.1) is 16.7 Å². The molecule has 0 aliphatic heterocycles. The van der Waals surface area contributed by atoms with Gasteiger partial charge in [-0.05, 0) is 74.4 Å². The minimum atomic E-state index is -3.74. The molecule has 200 valence electrons. The Morgan fingerprint density at radius 2 is 1.68 bits per heavy atom. The van der Waals surface area contributed by atoms with Crippen LogP contribution in [0.3, 0.4) is 0 Å². The molecule has 3 aromatic carbocycles. The van der Waals surface area contributed by atoms with Gasteiger partial charge in [0.2, 0.25) is 0 Å². The van der Waals surface area contributed by atoms with Crippen molar-refractivity contribution in [3.63, 3.8) is 0 Å². The van der Waals surface area contributed by atoms with Gasteiger partial charge >= 0.3 is 5.69 Å². The van der Waals surface area contributed by atoms with Crippen LogP contribution in [0.5, 0.6) is 0 Å². The summed E-state index contributed by atoms with van der Waals surface area (Å²) in [7, 11) is -3.74. The maximum Gasteiger partial charge on any atom is 0.332 e. The van der Waals surface area contributed by atoms with Gasteiger partial charge in [0.1, 0.15) is 5.82 Å². The van der Waals surface area contributed by atoms with E-state index >= 15 is 0 Å². The summed E-state index contributed by atoms with van der Waals surface area (Å²) < 4.78 is 44.0. The van der Waals surface area contributed by atoms with E-state index in [1.807, 2.05) is 13.8 Å². The van der Waals surface area contributed by atoms with E-state index in [4.69, 9.17) is 0 Å². The van der Waals surface area contributed by atoms with Gasteiger partial charge in [-0.2, -0.15) is 0 Å². The highest BCUT2D eigenvalue weighted by atomic mass is 32.2. The van der Waals surface area contributed by atoms with Crippen molar-refractivity contribution in [2.45, 2.75) is 43.4 Å². The summed E-state index contributed by atoms with van der Waals surface area (Å²) in [6.07, 6.45) is 3.07. The molecule has 4 rings (SSSR count). The summed E-state index contributed by atoms with van der Waals surface area (Å²) >= 11 is 0. The molecule has 0 saturated heterocycles. The van der Waals surface area contributed by atoms with Gasteiger partial charge in [0.25, 0.3) is 10.0 Å². The van der Waals surface area contributed by atoms with Gasteiger partial charge in [0.15, 0.2) is 0 Å². The molecule has 0 aliphatic rings. The first kappa shape index (κ1) is 27.3. The van der Waals surface area contributed by atoms with Crippen molar-refractivity contribution >= 4 is 15.7 Å². The van der Waals surface area contributed by atoms with Crippen LogP contribution in [0.15, 0.2) is 101 Å².